The minimum absolute atomic E-state index is 0.510. The fourth-order valence-electron chi connectivity index (χ4n) is 3.02. The quantitative estimate of drug-likeness (QED) is 0.839. The second-order valence-corrected chi connectivity index (χ2v) is 5.46. The van der Waals surface area contributed by atoms with Crippen molar-refractivity contribution in [3.8, 4) is 0 Å². The first-order valence-electron chi connectivity index (χ1n) is 7.55. The van der Waals surface area contributed by atoms with Crippen LogP contribution in [0, 0.1) is 0 Å². The van der Waals surface area contributed by atoms with Crippen LogP contribution in [0.25, 0.3) is 0 Å². The van der Waals surface area contributed by atoms with Crippen molar-refractivity contribution in [3.05, 3.63) is 17.7 Å². The van der Waals surface area contributed by atoms with E-state index in [-0.39, 0.29) is 0 Å². The summed E-state index contributed by atoms with van der Waals surface area (Å²) in [4.78, 5) is 4.61. The third-order valence-corrected chi connectivity index (χ3v) is 4.18. The molecule has 1 heterocycles. The van der Waals surface area contributed by atoms with Crippen molar-refractivity contribution in [2.24, 2.45) is 0 Å². The van der Waals surface area contributed by atoms with E-state index < -0.39 is 0 Å². The highest BCUT2D eigenvalue weighted by atomic mass is 15.1. The molecule has 0 aromatic carbocycles. The number of fused-ring (bicyclic) bond motifs is 1. The monoisotopic (exact) mass is 249 g/mol. The first-order valence-corrected chi connectivity index (χ1v) is 7.55. The molecule has 1 aromatic rings. The maximum absolute atomic E-state index is 4.61. The standard InChI is InChI=1S/C15H27N3/c1-4-10-16-13(5-2)12(3)18-11-17-14-8-6-7-9-15(14)18/h11-13,16H,4-10H2,1-3H3. The average molecular weight is 249 g/mol. The Morgan fingerprint density at radius 2 is 2.11 bits per heavy atom. The summed E-state index contributed by atoms with van der Waals surface area (Å²) in [7, 11) is 0. The van der Waals surface area contributed by atoms with Gasteiger partial charge in [-0.05, 0) is 52.0 Å². The van der Waals surface area contributed by atoms with Gasteiger partial charge in [0.2, 0.25) is 0 Å². The van der Waals surface area contributed by atoms with Crippen LogP contribution in [-0.4, -0.2) is 22.1 Å². The van der Waals surface area contributed by atoms with Crippen molar-refractivity contribution in [2.75, 3.05) is 6.54 Å². The van der Waals surface area contributed by atoms with Gasteiger partial charge in [-0.1, -0.05) is 13.8 Å². The molecule has 2 unspecified atom stereocenters. The number of aryl methyl sites for hydroxylation is 1. The van der Waals surface area contributed by atoms with E-state index in [2.05, 4.69) is 42.0 Å². The van der Waals surface area contributed by atoms with Gasteiger partial charge >= 0.3 is 0 Å². The van der Waals surface area contributed by atoms with E-state index in [0.29, 0.717) is 12.1 Å². The predicted octanol–water partition coefficient (Wildman–Crippen LogP) is 3.10. The molecule has 0 amide bonds. The van der Waals surface area contributed by atoms with E-state index in [1.807, 2.05) is 0 Å². The van der Waals surface area contributed by atoms with Gasteiger partial charge in [0.25, 0.3) is 0 Å². The fourth-order valence-corrected chi connectivity index (χ4v) is 3.02. The molecule has 0 aliphatic heterocycles. The molecule has 1 aliphatic rings. The van der Waals surface area contributed by atoms with E-state index in [9.17, 15) is 0 Å². The minimum atomic E-state index is 0.510. The summed E-state index contributed by atoms with van der Waals surface area (Å²) >= 11 is 0. The third-order valence-electron chi connectivity index (χ3n) is 4.18. The molecule has 0 saturated carbocycles. The number of rotatable bonds is 6. The highest BCUT2D eigenvalue weighted by Crippen LogP contribution is 2.25. The van der Waals surface area contributed by atoms with Crippen molar-refractivity contribution < 1.29 is 0 Å². The Morgan fingerprint density at radius 3 is 2.83 bits per heavy atom. The van der Waals surface area contributed by atoms with Crippen molar-refractivity contribution in [3.63, 3.8) is 0 Å². The Hall–Kier alpha value is -0.830. The van der Waals surface area contributed by atoms with Gasteiger partial charge in [0.1, 0.15) is 0 Å². The lowest BCUT2D eigenvalue weighted by Gasteiger charge is -2.27. The topological polar surface area (TPSA) is 29.9 Å². The minimum Gasteiger partial charge on any atom is -0.330 e. The maximum Gasteiger partial charge on any atom is 0.0954 e. The molecule has 0 radical (unpaired) electrons. The summed E-state index contributed by atoms with van der Waals surface area (Å²) in [5.41, 5.74) is 2.84. The van der Waals surface area contributed by atoms with Crippen molar-refractivity contribution >= 4 is 0 Å². The zero-order valence-corrected chi connectivity index (χ0v) is 12.1. The lowest BCUT2D eigenvalue weighted by Crippen LogP contribution is -2.36. The van der Waals surface area contributed by atoms with E-state index >= 15 is 0 Å². The molecule has 0 spiro atoms. The van der Waals surface area contributed by atoms with Gasteiger partial charge in [-0.3, -0.25) is 0 Å². The van der Waals surface area contributed by atoms with Gasteiger partial charge in [-0.2, -0.15) is 0 Å². The van der Waals surface area contributed by atoms with Crippen LogP contribution in [-0.2, 0) is 12.8 Å². The molecule has 1 aliphatic carbocycles. The number of nitrogens with zero attached hydrogens (tertiary/aromatic N) is 2. The molecule has 1 aromatic heterocycles. The number of hydrogen-bond acceptors (Lipinski definition) is 2. The molecule has 2 atom stereocenters. The van der Waals surface area contributed by atoms with Crippen LogP contribution in [0.5, 0.6) is 0 Å². The normalized spacial score (nSPS) is 18.4. The highest BCUT2D eigenvalue weighted by molar-refractivity contribution is 5.17. The summed E-state index contributed by atoms with van der Waals surface area (Å²) in [6.45, 7) is 7.93. The molecular weight excluding hydrogens is 222 g/mol. The molecule has 18 heavy (non-hydrogen) atoms. The van der Waals surface area contributed by atoms with Crippen LogP contribution < -0.4 is 5.32 Å². The molecular formula is C15H27N3. The summed E-state index contributed by atoms with van der Waals surface area (Å²) in [5, 5.41) is 3.67. The Bertz CT molecular complexity index is 370. The maximum atomic E-state index is 4.61. The van der Waals surface area contributed by atoms with Gasteiger partial charge in [0.15, 0.2) is 0 Å². The third kappa shape index (κ3) is 2.77. The van der Waals surface area contributed by atoms with Crippen molar-refractivity contribution in [1.29, 1.82) is 0 Å². The summed E-state index contributed by atoms with van der Waals surface area (Å²) in [5.74, 6) is 0. The van der Waals surface area contributed by atoms with Gasteiger partial charge in [-0.15, -0.1) is 0 Å². The second kappa shape index (κ2) is 6.37. The zero-order chi connectivity index (χ0) is 13.0. The number of nitrogens with one attached hydrogen (secondary N) is 1. The van der Waals surface area contributed by atoms with Crippen LogP contribution in [0.2, 0.25) is 0 Å². The molecule has 1 N–H and O–H groups in total. The smallest absolute Gasteiger partial charge is 0.0954 e. The van der Waals surface area contributed by atoms with Gasteiger partial charge in [0.05, 0.1) is 12.0 Å². The first-order chi connectivity index (χ1) is 8.77. The molecule has 0 bridgehead atoms. The van der Waals surface area contributed by atoms with Crippen LogP contribution in [0.3, 0.4) is 0 Å². The van der Waals surface area contributed by atoms with Crippen molar-refractivity contribution in [2.45, 2.75) is 71.4 Å². The van der Waals surface area contributed by atoms with E-state index in [1.54, 1.807) is 0 Å². The molecule has 2 rings (SSSR count). The second-order valence-electron chi connectivity index (χ2n) is 5.46. The molecule has 0 saturated heterocycles. The highest BCUT2D eigenvalue weighted by Gasteiger charge is 2.22. The predicted molar refractivity (Wildman–Crippen MR) is 76.0 cm³/mol. The number of imidazole rings is 1. The largest absolute Gasteiger partial charge is 0.330 e. The van der Waals surface area contributed by atoms with Crippen LogP contribution in [0.4, 0.5) is 0 Å². The van der Waals surface area contributed by atoms with E-state index in [4.69, 9.17) is 0 Å². The average Bonchev–Trinajstić information content (AvgIpc) is 2.83. The molecule has 3 nitrogen and oxygen atoms in total. The van der Waals surface area contributed by atoms with Gasteiger partial charge in [0, 0.05) is 17.8 Å². The Labute approximate surface area is 111 Å². The molecule has 3 heteroatoms. The van der Waals surface area contributed by atoms with Crippen molar-refractivity contribution in [1.82, 2.24) is 14.9 Å². The number of aromatic nitrogens is 2. The molecule has 102 valence electrons. The summed E-state index contributed by atoms with van der Waals surface area (Å²) in [6.07, 6.45) is 9.46. The Morgan fingerprint density at radius 1 is 1.33 bits per heavy atom. The first kappa shape index (κ1) is 13.6. The summed E-state index contributed by atoms with van der Waals surface area (Å²) in [6, 6.07) is 1.07. The van der Waals surface area contributed by atoms with Crippen LogP contribution in [0.1, 0.15) is 63.9 Å². The van der Waals surface area contributed by atoms with Crippen LogP contribution in [0.15, 0.2) is 6.33 Å². The SMILES string of the molecule is CCCNC(CC)C(C)n1cnc2c1CCCC2. The van der Waals surface area contributed by atoms with Gasteiger partial charge in [-0.25, -0.2) is 4.98 Å². The Kier molecular flexibility index (Phi) is 4.81. The fraction of sp³-hybridized carbons (Fsp3) is 0.800. The van der Waals surface area contributed by atoms with Crippen LogP contribution >= 0.6 is 0 Å². The Balaban J connectivity index is 2.11. The van der Waals surface area contributed by atoms with Gasteiger partial charge < -0.3 is 9.88 Å². The lowest BCUT2D eigenvalue weighted by atomic mass is 9.99. The zero-order valence-electron chi connectivity index (χ0n) is 12.1. The lowest BCUT2D eigenvalue weighted by molar-refractivity contribution is 0.353. The molecule has 0 fully saturated rings. The number of hydrogen-bond donors (Lipinski definition) is 1. The summed E-state index contributed by atoms with van der Waals surface area (Å²) < 4.78 is 2.42. The van der Waals surface area contributed by atoms with E-state index in [0.717, 1.165) is 6.54 Å². The van der Waals surface area contributed by atoms with E-state index in [1.165, 1.54) is 49.9 Å².